The summed E-state index contributed by atoms with van der Waals surface area (Å²) >= 11 is 0. The molecule has 0 radical (unpaired) electrons. The van der Waals surface area contributed by atoms with Crippen LogP contribution in [0.1, 0.15) is 29.6 Å². The van der Waals surface area contributed by atoms with Crippen LogP contribution in [0.2, 0.25) is 0 Å². The Morgan fingerprint density at radius 2 is 1.88 bits per heavy atom. The Morgan fingerprint density at radius 1 is 1.25 bits per heavy atom. The van der Waals surface area contributed by atoms with E-state index in [1.807, 2.05) is 20.8 Å². The van der Waals surface area contributed by atoms with E-state index in [4.69, 9.17) is 4.42 Å². The van der Waals surface area contributed by atoms with Crippen molar-refractivity contribution >= 4 is 12.4 Å². The van der Waals surface area contributed by atoms with E-state index in [0.29, 0.717) is 5.57 Å². The van der Waals surface area contributed by atoms with Gasteiger partial charge in [-0.05, 0) is 38.8 Å². The molecule has 0 saturated heterocycles. The number of aryl methyl sites for hydroxylation is 2. The SMILES string of the molecule is CC(/C=C/c1c(C)oc(C)c1C)=C(/F)C=O. The highest BCUT2D eigenvalue weighted by molar-refractivity contribution is 5.73. The lowest BCUT2D eigenvalue weighted by Crippen LogP contribution is -1.81. The number of halogens is 1. The Labute approximate surface area is 94.5 Å². The van der Waals surface area contributed by atoms with Crippen LogP contribution in [-0.2, 0) is 4.79 Å². The van der Waals surface area contributed by atoms with Crippen LogP contribution < -0.4 is 0 Å². The number of hydrogen-bond acceptors (Lipinski definition) is 2. The van der Waals surface area contributed by atoms with E-state index in [1.54, 1.807) is 19.1 Å². The molecule has 16 heavy (non-hydrogen) atoms. The van der Waals surface area contributed by atoms with Crippen LogP contribution in [0.4, 0.5) is 4.39 Å². The molecule has 0 aromatic carbocycles. The maximum atomic E-state index is 12.9. The van der Waals surface area contributed by atoms with E-state index in [-0.39, 0.29) is 6.29 Å². The fourth-order valence-corrected chi connectivity index (χ4v) is 1.44. The average molecular weight is 222 g/mol. The molecule has 0 saturated carbocycles. The summed E-state index contributed by atoms with van der Waals surface area (Å²) in [5.74, 6) is 0.909. The zero-order chi connectivity index (χ0) is 12.3. The van der Waals surface area contributed by atoms with Gasteiger partial charge in [-0.25, -0.2) is 4.39 Å². The summed E-state index contributed by atoms with van der Waals surface area (Å²) in [4.78, 5) is 10.2. The summed E-state index contributed by atoms with van der Waals surface area (Å²) in [6.07, 6.45) is 3.55. The second-order valence-corrected chi connectivity index (χ2v) is 3.74. The van der Waals surface area contributed by atoms with Crippen molar-refractivity contribution in [3.63, 3.8) is 0 Å². The third kappa shape index (κ3) is 2.48. The number of carbonyl (C=O) groups excluding carboxylic acids is 1. The third-order valence-electron chi connectivity index (χ3n) is 2.60. The minimum atomic E-state index is -0.744. The summed E-state index contributed by atoms with van der Waals surface area (Å²) in [5.41, 5.74) is 2.29. The van der Waals surface area contributed by atoms with Crippen molar-refractivity contribution < 1.29 is 13.6 Å². The van der Waals surface area contributed by atoms with Crippen LogP contribution in [-0.4, -0.2) is 6.29 Å². The van der Waals surface area contributed by atoms with Crippen molar-refractivity contribution in [2.45, 2.75) is 27.7 Å². The van der Waals surface area contributed by atoms with Crippen LogP contribution in [0.3, 0.4) is 0 Å². The first kappa shape index (κ1) is 12.4. The molecule has 86 valence electrons. The second-order valence-electron chi connectivity index (χ2n) is 3.74. The summed E-state index contributed by atoms with van der Waals surface area (Å²) in [6, 6.07) is 0. The molecule has 0 aliphatic rings. The van der Waals surface area contributed by atoms with E-state index in [0.717, 1.165) is 22.6 Å². The van der Waals surface area contributed by atoms with Gasteiger partial charge in [0, 0.05) is 5.56 Å². The van der Waals surface area contributed by atoms with Crippen LogP contribution in [0.25, 0.3) is 6.08 Å². The molecule has 1 aromatic rings. The molecule has 0 N–H and O–H groups in total. The highest BCUT2D eigenvalue weighted by Gasteiger charge is 2.07. The number of rotatable bonds is 3. The van der Waals surface area contributed by atoms with Gasteiger partial charge in [-0.15, -0.1) is 0 Å². The number of allylic oxidation sites excluding steroid dienone is 3. The third-order valence-corrected chi connectivity index (χ3v) is 2.60. The fourth-order valence-electron chi connectivity index (χ4n) is 1.44. The fraction of sp³-hybridized carbons (Fsp3) is 0.308. The van der Waals surface area contributed by atoms with Gasteiger partial charge in [0.25, 0.3) is 0 Å². The van der Waals surface area contributed by atoms with Gasteiger partial charge in [0.05, 0.1) is 0 Å². The molecule has 0 unspecified atom stereocenters. The smallest absolute Gasteiger partial charge is 0.178 e. The first-order chi connectivity index (χ1) is 7.47. The van der Waals surface area contributed by atoms with Crippen LogP contribution in [0, 0.1) is 20.8 Å². The van der Waals surface area contributed by atoms with Gasteiger partial charge in [0.1, 0.15) is 11.5 Å². The topological polar surface area (TPSA) is 30.2 Å². The van der Waals surface area contributed by atoms with Crippen molar-refractivity contribution in [3.05, 3.63) is 40.1 Å². The zero-order valence-corrected chi connectivity index (χ0v) is 9.93. The molecular weight excluding hydrogens is 207 g/mol. The average Bonchev–Trinajstić information content (AvgIpc) is 2.49. The first-order valence-electron chi connectivity index (χ1n) is 5.03. The molecule has 1 heterocycles. The predicted molar refractivity (Wildman–Crippen MR) is 61.8 cm³/mol. The second kappa shape index (κ2) is 4.92. The minimum absolute atomic E-state index is 0.208. The molecule has 2 nitrogen and oxygen atoms in total. The van der Waals surface area contributed by atoms with E-state index in [9.17, 15) is 9.18 Å². The predicted octanol–water partition coefficient (Wildman–Crippen LogP) is 3.66. The molecule has 0 atom stereocenters. The lowest BCUT2D eigenvalue weighted by Gasteiger charge is -1.94. The molecule has 0 bridgehead atoms. The summed E-state index contributed by atoms with van der Waals surface area (Å²) in [6.45, 7) is 7.24. The maximum absolute atomic E-state index is 12.9. The van der Waals surface area contributed by atoms with Gasteiger partial charge in [0.15, 0.2) is 12.1 Å². The van der Waals surface area contributed by atoms with Gasteiger partial charge < -0.3 is 4.42 Å². The van der Waals surface area contributed by atoms with Crippen LogP contribution in [0.5, 0.6) is 0 Å². The molecule has 0 amide bonds. The van der Waals surface area contributed by atoms with Crippen molar-refractivity contribution in [1.29, 1.82) is 0 Å². The molecular formula is C13H15FO2. The Balaban J connectivity index is 3.06. The monoisotopic (exact) mass is 222 g/mol. The van der Waals surface area contributed by atoms with Crippen LogP contribution in [0.15, 0.2) is 21.9 Å². The van der Waals surface area contributed by atoms with Crippen molar-refractivity contribution in [2.24, 2.45) is 0 Å². The van der Waals surface area contributed by atoms with Gasteiger partial charge >= 0.3 is 0 Å². The Hall–Kier alpha value is -1.64. The van der Waals surface area contributed by atoms with E-state index < -0.39 is 5.83 Å². The molecule has 3 heteroatoms. The first-order valence-corrected chi connectivity index (χ1v) is 5.03. The van der Waals surface area contributed by atoms with Crippen molar-refractivity contribution in [2.75, 3.05) is 0 Å². The molecule has 0 aliphatic carbocycles. The number of aldehydes is 1. The maximum Gasteiger partial charge on any atom is 0.178 e. The Bertz CT molecular complexity index is 465. The molecule has 1 aromatic heterocycles. The van der Waals surface area contributed by atoms with Gasteiger partial charge in [-0.1, -0.05) is 12.2 Å². The van der Waals surface area contributed by atoms with Crippen molar-refractivity contribution in [1.82, 2.24) is 0 Å². The van der Waals surface area contributed by atoms with Gasteiger partial charge in [0.2, 0.25) is 0 Å². The Kier molecular flexibility index (Phi) is 3.82. The number of furan rings is 1. The highest BCUT2D eigenvalue weighted by atomic mass is 19.1. The standard InChI is InChI=1S/C13H15FO2/c1-8(13(14)7-15)5-6-12-9(2)10(3)16-11(12)4/h5-7H,1-4H3/b6-5+,13-8-. The largest absolute Gasteiger partial charge is 0.466 e. The van der Waals surface area contributed by atoms with Gasteiger partial charge in [-0.2, -0.15) is 0 Å². The van der Waals surface area contributed by atoms with Crippen molar-refractivity contribution in [3.8, 4) is 0 Å². The normalized spacial score (nSPS) is 13.1. The summed E-state index contributed by atoms with van der Waals surface area (Å²) in [5, 5.41) is 0. The van der Waals surface area contributed by atoms with E-state index >= 15 is 0 Å². The summed E-state index contributed by atoms with van der Waals surface area (Å²) < 4.78 is 18.3. The van der Waals surface area contributed by atoms with E-state index in [2.05, 4.69) is 0 Å². The summed E-state index contributed by atoms with van der Waals surface area (Å²) in [7, 11) is 0. The van der Waals surface area contributed by atoms with Gasteiger partial charge in [-0.3, -0.25) is 4.79 Å². The number of hydrogen-bond donors (Lipinski definition) is 0. The van der Waals surface area contributed by atoms with E-state index in [1.165, 1.54) is 0 Å². The highest BCUT2D eigenvalue weighted by Crippen LogP contribution is 2.22. The lowest BCUT2D eigenvalue weighted by molar-refractivity contribution is -0.106. The minimum Gasteiger partial charge on any atom is -0.466 e. The quantitative estimate of drug-likeness (QED) is 0.444. The molecule has 0 fully saturated rings. The molecule has 0 spiro atoms. The zero-order valence-electron chi connectivity index (χ0n) is 9.93. The molecule has 0 aliphatic heterocycles. The Morgan fingerprint density at radius 3 is 2.31 bits per heavy atom. The molecule has 1 rings (SSSR count). The van der Waals surface area contributed by atoms with Crippen LogP contribution >= 0.6 is 0 Å². The number of carbonyl (C=O) groups is 1. The lowest BCUT2D eigenvalue weighted by atomic mass is 10.1.